The predicted molar refractivity (Wildman–Crippen MR) is 68.4 cm³/mol. The lowest BCUT2D eigenvalue weighted by atomic mass is 10.0. The first-order valence-electron chi connectivity index (χ1n) is 5.62. The van der Waals surface area contributed by atoms with Crippen LogP contribution in [0.4, 0.5) is 4.79 Å². The average Bonchev–Trinajstić information content (AvgIpc) is 2.77. The summed E-state index contributed by atoms with van der Waals surface area (Å²) in [5.41, 5.74) is 2.48. The number of aromatic nitrogens is 1. The van der Waals surface area contributed by atoms with Gasteiger partial charge >= 0.3 is 12.0 Å². The van der Waals surface area contributed by atoms with Gasteiger partial charge in [0.25, 0.3) is 0 Å². The monoisotopic (exact) mass is 271 g/mol. The fourth-order valence-electron chi connectivity index (χ4n) is 1.36. The zero-order valence-electron chi connectivity index (χ0n) is 10.3. The Kier molecular flexibility index (Phi) is 5.57. The van der Waals surface area contributed by atoms with Gasteiger partial charge in [-0.15, -0.1) is 11.3 Å². The second kappa shape index (κ2) is 6.95. The predicted octanol–water partition coefficient (Wildman–Crippen LogP) is 1.44. The Morgan fingerprint density at radius 2 is 2.22 bits per heavy atom. The molecular formula is C11H17N3O3S. The molecule has 0 fully saturated rings. The minimum absolute atomic E-state index is 0.0612. The first kappa shape index (κ1) is 14.4. The highest BCUT2D eigenvalue weighted by Crippen LogP contribution is 2.06. The van der Waals surface area contributed by atoms with E-state index in [0.29, 0.717) is 6.54 Å². The highest BCUT2D eigenvalue weighted by molar-refractivity contribution is 7.07. The molecule has 3 N–H and O–H groups in total. The summed E-state index contributed by atoms with van der Waals surface area (Å²) in [5.74, 6) is -0.861. The van der Waals surface area contributed by atoms with Crippen LogP contribution in [0.1, 0.15) is 26.0 Å². The fraction of sp³-hybridized carbons (Fsp3) is 0.545. The SMILES string of the molecule is CC(C)C(CC(=O)O)NC(=O)NCc1cscn1. The maximum atomic E-state index is 11.6. The second-order valence-corrected chi connectivity index (χ2v) is 4.97. The lowest BCUT2D eigenvalue weighted by molar-refractivity contribution is -0.137. The molecule has 1 aromatic heterocycles. The smallest absolute Gasteiger partial charge is 0.315 e. The maximum absolute atomic E-state index is 11.6. The van der Waals surface area contributed by atoms with Crippen LogP contribution in [0, 0.1) is 5.92 Å². The number of amides is 2. The summed E-state index contributed by atoms with van der Waals surface area (Å²) in [4.78, 5) is 26.3. The van der Waals surface area contributed by atoms with E-state index in [4.69, 9.17) is 5.11 Å². The van der Waals surface area contributed by atoms with Crippen molar-refractivity contribution in [3.63, 3.8) is 0 Å². The molecule has 0 aliphatic heterocycles. The molecule has 0 aliphatic rings. The number of thiazole rings is 1. The zero-order valence-corrected chi connectivity index (χ0v) is 11.2. The third kappa shape index (κ3) is 5.13. The van der Waals surface area contributed by atoms with Crippen LogP contribution >= 0.6 is 11.3 Å². The van der Waals surface area contributed by atoms with Crippen molar-refractivity contribution in [2.75, 3.05) is 0 Å². The van der Waals surface area contributed by atoms with Crippen molar-refractivity contribution < 1.29 is 14.7 Å². The number of carbonyl (C=O) groups excluding carboxylic acids is 1. The Morgan fingerprint density at radius 3 is 2.72 bits per heavy atom. The summed E-state index contributed by atoms with van der Waals surface area (Å²) in [5, 5.41) is 15.9. The Labute approximate surface area is 109 Å². The van der Waals surface area contributed by atoms with Crippen LogP contribution < -0.4 is 10.6 Å². The lowest BCUT2D eigenvalue weighted by Crippen LogP contribution is -2.45. The molecule has 0 aliphatic carbocycles. The molecule has 0 bridgehead atoms. The van der Waals surface area contributed by atoms with E-state index < -0.39 is 5.97 Å². The minimum Gasteiger partial charge on any atom is -0.481 e. The second-order valence-electron chi connectivity index (χ2n) is 4.26. The molecule has 1 heterocycles. The molecule has 0 radical (unpaired) electrons. The highest BCUT2D eigenvalue weighted by Gasteiger charge is 2.19. The molecule has 0 aromatic carbocycles. The first-order chi connectivity index (χ1) is 8.49. The van der Waals surface area contributed by atoms with Gasteiger partial charge in [0.15, 0.2) is 0 Å². The molecular weight excluding hydrogens is 254 g/mol. The van der Waals surface area contributed by atoms with Crippen LogP contribution in [-0.4, -0.2) is 28.1 Å². The molecule has 0 saturated carbocycles. The van der Waals surface area contributed by atoms with Crippen molar-refractivity contribution in [1.82, 2.24) is 15.6 Å². The Morgan fingerprint density at radius 1 is 1.50 bits per heavy atom. The first-order valence-corrected chi connectivity index (χ1v) is 6.56. The largest absolute Gasteiger partial charge is 0.481 e. The Hall–Kier alpha value is -1.63. The summed E-state index contributed by atoms with van der Waals surface area (Å²) in [6.45, 7) is 4.08. The molecule has 2 amide bonds. The van der Waals surface area contributed by atoms with Gasteiger partial charge in [0.2, 0.25) is 0 Å². The van der Waals surface area contributed by atoms with Gasteiger partial charge in [0.1, 0.15) is 0 Å². The van der Waals surface area contributed by atoms with Crippen LogP contribution in [0.25, 0.3) is 0 Å². The average molecular weight is 271 g/mol. The van der Waals surface area contributed by atoms with Crippen LogP contribution in [0.15, 0.2) is 10.9 Å². The van der Waals surface area contributed by atoms with E-state index in [-0.39, 0.29) is 24.4 Å². The molecule has 1 rings (SSSR count). The standard InChI is InChI=1S/C11H17N3O3S/c1-7(2)9(3-10(15)16)14-11(17)12-4-8-5-18-6-13-8/h5-7,9H,3-4H2,1-2H3,(H,15,16)(H2,12,14,17). The highest BCUT2D eigenvalue weighted by atomic mass is 32.1. The molecule has 100 valence electrons. The van der Waals surface area contributed by atoms with E-state index >= 15 is 0 Å². The number of nitrogens with one attached hydrogen (secondary N) is 2. The van der Waals surface area contributed by atoms with Crippen LogP contribution in [-0.2, 0) is 11.3 Å². The number of rotatable bonds is 6. The zero-order chi connectivity index (χ0) is 13.5. The van der Waals surface area contributed by atoms with Crippen molar-refractivity contribution in [3.8, 4) is 0 Å². The van der Waals surface area contributed by atoms with Crippen molar-refractivity contribution in [1.29, 1.82) is 0 Å². The van der Waals surface area contributed by atoms with E-state index in [2.05, 4.69) is 15.6 Å². The molecule has 1 unspecified atom stereocenters. The number of hydrogen-bond acceptors (Lipinski definition) is 4. The van der Waals surface area contributed by atoms with E-state index in [1.165, 1.54) is 11.3 Å². The van der Waals surface area contributed by atoms with Crippen molar-refractivity contribution in [3.05, 3.63) is 16.6 Å². The number of urea groups is 1. The van der Waals surface area contributed by atoms with Gasteiger partial charge < -0.3 is 15.7 Å². The van der Waals surface area contributed by atoms with Gasteiger partial charge in [-0.05, 0) is 5.92 Å². The quantitative estimate of drug-likeness (QED) is 0.730. The number of aliphatic carboxylic acids is 1. The van der Waals surface area contributed by atoms with E-state index in [1.807, 2.05) is 19.2 Å². The van der Waals surface area contributed by atoms with Gasteiger partial charge in [-0.3, -0.25) is 4.79 Å². The van der Waals surface area contributed by atoms with E-state index in [1.54, 1.807) is 5.51 Å². The normalized spacial score (nSPS) is 12.2. The molecule has 1 aromatic rings. The molecule has 18 heavy (non-hydrogen) atoms. The Balaban J connectivity index is 2.38. The topological polar surface area (TPSA) is 91.3 Å². The van der Waals surface area contributed by atoms with E-state index in [0.717, 1.165) is 5.69 Å². The van der Waals surface area contributed by atoms with Crippen LogP contribution in [0.5, 0.6) is 0 Å². The third-order valence-corrected chi connectivity index (χ3v) is 3.06. The number of hydrogen-bond donors (Lipinski definition) is 3. The summed E-state index contributed by atoms with van der Waals surface area (Å²) in [6.07, 6.45) is -0.0816. The number of nitrogens with zero attached hydrogens (tertiary/aromatic N) is 1. The third-order valence-electron chi connectivity index (χ3n) is 2.43. The van der Waals surface area contributed by atoms with Gasteiger partial charge in [-0.25, -0.2) is 9.78 Å². The van der Waals surface area contributed by atoms with Gasteiger partial charge in [-0.1, -0.05) is 13.8 Å². The molecule has 0 saturated heterocycles. The minimum atomic E-state index is -0.923. The molecule has 1 atom stereocenters. The van der Waals surface area contributed by atoms with E-state index in [9.17, 15) is 9.59 Å². The summed E-state index contributed by atoms with van der Waals surface area (Å²) in [7, 11) is 0. The summed E-state index contributed by atoms with van der Waals surface area (Å²) >= 11 is 1.46. The van der Waals surface area contributed by atoms with Gasteiger partial charge in [0.05, 0.1) is 24.2 Å². The molecule has 0 spiro atoms. The van der Waals surface area contributed by atoms with Crippen LogP contribution in [0.2, 0.25) is 0 Å². The van der Waals surface area contributed by atoms with Gasteiger partial charge in [-0.2, -0.15) is 0 Å². The summed E-state index contributed by atoms with van der Waals surface area (Å²) < 4.78 is 0. The van der Waals surface area contributed by atoms with Crippen LogP contribution in [0.3, 0.4) is 0 Å². The molecule has 6 nitrogen and oxygen atoms in total. The fourth-order valence-corrected chi connectivity index (χ4v) is 1.92. The number of carboxylic acids is 1. The van der Waals surface area contributed by atoms with Crippen molar-refractivity contribution >= 4 is 23.3 Å². The number of carboxylic acid groups (broad SMARTS) is 1. The number of carbonyl (C=O) groups is 2. The van der Waals surface area contributed by atoms with Crippen molar-refractivity contribution in [2.24, 2.45) is 5.92 Å². The van der Waals surface area contributed by atoms with Gasteiger partial charge in [0, 0.05) is 11.4 Å². The summed E-state index contributed by atoms with van der Waals surface area (Å²) in [6, 6.07) is -0.749. The maximum Gasteiger partial charge on any atom is 0.315 e. The van der Waals surface area contributed by atoms with Crippen molar-refractivity contribution in [2.45, 2.75) is 32.9 Å². The Bertz CT molecular complexity index is 392. The lowest BCUT2D eigenvalue weighted by Gasteiger charge is -2.20. The molecule has 7 heteroatoms.